The molecule has 1 amide bonds. The Balaban J connectivity index is 1.48. The van der Waals surface area contributed by atoms with Gasteiger partial charge in [0.15, 0.2) is 5.76 Å². The summed E-state index contributed by atoms with van der Waals surface area (Å²) in [7, 11) is 0. The number of hydrogen-bond donors (Lipinski definition) is 0. The van der Waals surface area contributed by atoms with Crippen LogP contribution in [0.3, 0.4) is 0 Å². The van der Waals surface area contributed by atoms with Crippen molar-refractivity contribution in [3.8, 4) is 5.88 Å². The van der Waals surface area contributed by atoms with Crippen molar-refractivity contribution < 1.29 is 18.5 Å². The zero-order valence-corrected chi connectivity index (χ0v) is 12.8. The number of carbonyl (C=O) groups excluding carboxylic acids is 1. The van der Waals surface area contributed by atoms with Gasteiger partial charge in [0.1, 0.15) is 18.1 Å². The van der Waals surface area contributed by atoms with Crippen molar-refractivity contribution in [1.29, 1.82) is 0 Å². The minimum Gasteiger partial charge on any atom is -0.471 e. The SMILES string of the molecule is O=C(c1ccco1)N1CCc2onc(COc3ccccn3)c2C1. The zero-order valence-electron chi connectivity index (χ0n) is 12.8. The highest BCUT2D eigenvalue weighted by Crippen LogP contribution is 2.24. The van der Waals surface area contributed by atoms with Crippen molar-refractivity contribution in [2.75, 3.05) is 6.54 Å². The van der Waals surface area contributed by atoms with Crippen LogP contribution in [0.4, 0.5) is 0 Å². The molecule has 0 saturated carbocycles. The van der Waals surface area contributed by atoms with E-state index in [0.29, 0.717) is 36.8 Å². The van der Waals surface area contributed by atoms with Crippen LogP contribution in [0.5, 0.6) is 5.88 Å². The van der Waals surface area contributed by atoms with E-state index in [1.54, 1.807) is 29.3 Å². The van der Waals surface area contributed by atoms with E-state index in [9.17, 15) is 4.79 Å². The Kier molecular flexibility index (Phi) is 3.74. The Hall–Kier alpha value is -3.09. The highest BCUT2D eigenvalue weighted by atomic mass is 16.5. The minimum atomic E-state index is -0.136. The molecule has 0 unspecified atom stereocenters. The maximum atomic E-state index is 12.4. The molecule has 4 rings (SSSR count). The lowest BCUT2D eigenvalue weighted by molar-refractivity contribution is 0.0696. The number of hydrogen-bond acceptors (Lipinski definition) is 6. The third kappa shape index (κ3) is 2.76. The van der Waals surface area contributed by atoms with Crippen molar-refractivity contribution >= 4 is 5.91 Å². The van der Waals surface area contributed by atoms with Crippen molar-refractivity contribution in [2.45, 2.75) is 19.6 Å². The molecule has 3 aromatic rings. The average Bonchev–Trinajstić information content (AvgIpc) is 3.30. The predicted octanol–water partition coefficient (Wildman–Crippen LogP) is 2.44. The number of rotatable bonds is 4. The monoisotopic (exact) mass is 325 g/mol. The van der Waals surface area contributed by atoms with Crippen LogP contribution < -0.4 is 4.74 Å². The quantitative estimate of drug-likeness (QED) is 0.733. The Bertz CT molecular complexity index is 827. The molecule has 0 atom stereocenters. The van der Waals surface area contributed by atoms with Crippen LogP contribution >= 0.6 is 0 Å². The number of amides is 1. The molecular formula is C17H15N3O4. The molecule has 0 aromatic carbocycles. The number of furan rings is 1. The summed E-state index contributed by atoms with van der Waals surface area (Å²) >= 11 is 0. The molecule has 0 fully saturated rings. The Labute approximate surface area is 137 Å². The fourth-order valence-electron chi connectivity index (χ4n) is 2.68. The lowest BCUT2D eigenvalue weighted by Gasteiger charge is -2.25. The van der Waals surface area contributed by atoms with Gasteiger partial charge in [-0.2, -0.15) is 0 Å². The molecule has 24 heavy (non-hydrogen) atoms. The summed E-state index contributed by atoms with van der Waals surface area (Å²) in [6.07, 6.45) is 3.78. The summed E-state index contributed by atoms with van der Waals surface area (Å²) in [5.74, 6) is 1.52. The first-order valence-electron chi connectivity index (χ1n) is 7.64. The maximum Gasteiger partial charge on any atom is 0.289 e. The van der Waals surface area contributed by atoms with Crippen molar-refractivity contribution in [2.24, 2.45) is 0 Å². The molecule has 0 N–H and O–H groups in total. The molecule has 0 spiro atoms. The summed E-state index contributed by atoms with van der Waals surface area (Å²) in [4.78, 5) is 18.3. The third-order valence-corrected chi connectivity index (χ3v) is 3.92. The molecule has 0 aliphatic carbocycles. The molecule has 7 nitrogen and oxygen atoms in total. The first-order chi connectivity index (χ1) is 11.8. The Morgan fingerprint density at radius 3 is 3.04 bits per heavy atom. The van der Waals surface area contributed by atoms with E-state index < -0.39 is 0 Å². The van der Waals surface area contributed by atoms with E-state index in [1.807, 2.05) is 12.1 Å². The summed E-state index contributed by atoms with van der Waals surface area (Å²) in [5.41, 5.74) is 1.59. The predicted molar refractivity (Wildman–Crippen MR) is 82.2 cm³/mol. The van der Waals surface area contributed by atoms with E-state index in [4.69, 9.17) is 13.7 Å². The normalized spacial score (nSPS) is 13.6. The van der Waals surface area contributed by atoms with E-state index in [0.717, 1.165) is 11.3 Å². The van der Waals surface area contributed by atoms with Gasteiger partial charge in [0, 0.05) is 30.8 Å². The first-order valence-corrected chi connectivity index (χ1v) is 7.64. The third-order valence-electron chi connectivity index (χ3n) is 3.92. The summed E-state index contributed by atoms with van der Waals surface area (Å²) in [6.45, 7) is 1.25. The van der Waals surface area contributed by atoms with Gasteiger partial charge in [-0.05, 0) is 18.2 Å². The van der Waals surface area contributed by atoms with Gasteiger partial charge in [-0.15, -0.1) is 0 Å². The van der Waals surface area contributed by atoms with Gasteiger partial charge in [0.05, 0.1) is 12.8 Å². The molecule has 7 heteroatoms. The summed E-state index contributed by atoms with van der Waals surface area (Å²) < 4.78 is 16.2. The number of aromatic nitrogens is 2. The molecule has 0 radical (unpaired) electrons. The van der Waals surface area contributed by atoms with Crippen LogP contribution in [-0.4, -0.2) is 27.5 Å². The number of nitrogens with zero attached hydrogens (tertiary/aromatic N) is 3. The molecule has 1 aliphatic heterocycles. The lowest BCUT2D eigenvalue weighted by Crippen LogP contribution is -2.35. The Morgan fingerprint density at radius 2 is 2.25 bits per heavy atom. The highest BCUT2D eigenvalue weighted by Gasteiger charge is 2.28. The van der Waals surface area contributed by atoms with E-state index in [-0.39, 0.29) is 12.5 Å². The fraction of sp³-hybridized carbons (Fsp3) is 0.235. The molecule has 1 aliphatic rings. The van der Waals surface area contributed by atoms with Crippen LogP contribution in [0.2, 0.25) is 0 Å². The summed E-state index contributed by atoms with van der Waals surface area (Å²) in [5, 5.41) is 4.08. The minimum absolute atomic E-state index is 0.136. The average molecular weight is 325 g/mol. The fourth-order valence-corrected chi connectivity index (χ4v) is 2.68. The number of ether oxygens (including phenoxy) is 1. The molecule has 122 valence electrons. The second kappa shape index (κ2) is 6.19. The van der Waals surface area contributed by atoms with Crippen LogP contribution in [0.1, 0.15) is 27.6 Å². The number of pyridine rings is 1. The maximum absolute atomic E-state index is 12.4. The van der Waals surface area contributed by atoms with Crippen molar-refractivity contribution in [1.82, 2.24) is 15.0 Å². The number of carbonyl (C=O) groups is 1. The zero-order chi connectivity index (χ0) is 16.4. The molecule has 0 saturated heterocycles. The highest BCUT2D eigenvalue weighted by molar-refractivity contribution is 5.91. The second-order valence-corrected chi connectivity index (χ2v) is 5.44. The smallest absolute Gasteiger partial charge is 0.289 e. The van der Waals surface area contributed by atoms with Crippen molar-refractivity contribution in [3.63, 3.8) is 0 Å². The van der Waals surface area contributed by atoms with Crippen LogP contribution in [0.15, 0.2) is 51.7 Å². The van der Waals surface area contributed by atoms with Crippen LogP contribution in [0, 0.1) is 0 Å². The van der Waals surface area contributed by atoms with Gasteiger partial charge in [0.2, 0.25) is 5.88 Å². The summed E-state index contributed by atoms with van der Waals surface area (Å²) in [6, 6.07) is 8.82. The lowest BCUT2D eigenvalue weighted by atomic mass is 10.1. The van der Waals surface area contributed by atoms with Gasteiger partial charge in [-0.25, -0.2) is 4.98 Å². The largest absolute Gasteiger partial charge is 0.471 e. The Morgan fingerprint density at radius 1 is 1.29 bits per heavy atom. The molecule has 3 aromatic heterocycles. The topological polar surface area (TPSA) is 81.6 Å². The standard InChI is InChI=1S/C17H15N3O4/c21-17(15-4-3-9-22-15)20-8-6-14-12(10-20)13(19-24-14)11-23-16-5-1-2-7-18-16/h1-5,7,9H,6,8,10-11H2. The molecule has 0 bridgehead atoms. The molecular weight excluding hydrogens is 310 g/mol. The van der Waals surface area contributed by atoms with E-state index in [2.05, 4.69) is 10.1 Å². The van der Waals surface area contributed by atoms with E-state index >= 15 is 0 Å². The van der Waals surface area contributed by atoms with E-state index in [1.165, 1.54) is 6.26 Å². The van der Waals surface area contributed by atoms with Gasteiger partial charge in [-0.3, -0.25) is 4.79 Å². The first kappa shape index (κ1) is 14.5. The van der Waals surface area contributed by atoms with Gasteiger partial charge >= 0.3 is 0 Å². The molecule has 4 heterocycles. The van der Waals surface area contributed by atoms with Gasteiger partial charge < -0.3 is 18.6 Å². The van der Waals surface area contributed by atoms with Gasteiger partial charge in [-0.1, -0.05) is 11.2 Å². The van der Waals surface area contributed by atoms with Crippen LogP contribution in [-0.2, 0) is 19.6 Å². The van der Waals surface area contributed by atoms with Crippen LogP contribution in [0.25, 0.3) is 0 Å². The van der Waals surface area contributed by atoms with Gasteiger partial charge in [0.25, 0.3) is 5.91 Å². The number of fused-ring (bicyclic) bond motifs is 1. The van der Waals surface area contributed by atoms with Crippen molar-refractivity contribution in [3.05, 3.63) is 65.6 Å². The second-order valence-electron chi connectivity index (χ2n) is 5.44.